The standard InChI is InChI=1S/C21H16N2O/c1-24-19-9-7-16(8-10-19)20-12-21-18(14-23-20)11-17(13-22-21)15-5-3-2-4-6-15/h2-14H,1H3. The van der Waals surface area contributed by atoms with Crippen LogP contribution in [0.1, 0.15) is 0 Å². The first-order chi connectivity index (χ1) is 11.8. The van der Waals surface area contributed by atoms with Crippen molar-refractivity contribution in [1.29, 1.82) is 0 Å². The highest BCUT2D eigenvalue weighted by Gasteiger charge is 2.05. The quantitative estimate of drug-likeness (QED) is 0.535. The molecule has 0 aliphatic heterocycles. The maximum atomic E-state index is 5.20. The van der Waals surface area contributed by atoms with E-state index in [2.05, 4.69) is 28.2 Å². The maximum absolute atomic E-state index is 5.20. The average molecular weight is 312 g/mol. The second kappa shape index (κ2) is 6.13. The monoisotopic (exact) mass is 312 g/mol. The molecule has 4 rings (SSSR count). The first-order valence-electron chi connectivity index (χ1n) is 7.79. The number of hydrogen-bond donors (Lipinski definition) is 0. The first-order valence-corrected chi connectivity index (χ1v) is 7.79. The Morgan fingerprint density at radius 2 is 1.50 bits per heavy atom. The molecule has 4 aromatic rings. The van der Waals surface area contributed by atoms with Crippen molar-refractivity contribution < 1.29 is 4.74 Å². The number of methoxy groups -OCH3 is 1. The molecule has 0 atom stereocenters. The Bertz CT molecular complexity index is 980. The molecule has 0 bridgehead atoms. The average Bonchev–Trinajstić information content (AvgIpc) is 2.68. The van der Waals surface area contributed by atoms with Crippen LogP contribution in [0.3, 0.4) is 0 Å². The molecule has 0 radical (unpaired) electrons. The summed E-state index contributed by atoms with van der Waals surface area (Å²) < 4.78 is 5.20. The second-order valence-electron chi connectivity index (χ2n) is 5.58. The van der Waals surface area contributed by atoms with E-state index in [0.717, 1.165) is 39.0 Å². The highest BCUT2D eigenvalue weighted by molar-refractivity contribution is 5.85. The summed E-state index contributed by atoms with van der Waals surface area (Å²) in [5.41, 5.74) is 5.15. The lowest BCUT2D eigenvalue weighted by atomic mass is 10.1. The van der Waals surface area contributed by atoms with E-state index in [1.54, 1.807) is 7.11 Å². The van der Waals surface area contributed by atoms with Crippen LogP contribution in [0.4, 0.5) is 0 Å². The molecule has 2 aromatic carbocycles. The summed E-state index contributed by atoms with van der Waals surface area (Å²) in [7, 11) is 1.66. The molecule has 0 saturated heterocycles. The minimum atomic E-state index is 0.838. The van der Waals surface area contributed by atoms with Crippen molar-refractivity contribution in [3.63, 3.8) is 0 Å². The fraction of sp³-hybridized carbons (Fsp3) is 0.0476. The van der Waals surface area contributed by atoms with Gasteiger partial charge in [0.2, 0.25) is 0 Å². The van der Waals surface area contributed by atoms with E-state index >= 15 is 0 Å². The molecule has 24 heavy (non-hydrogen) atoms. The zero-order valence-electron chi connectivity index (χ0n) is 13.3. The van der Waals surface area contributed by atoms with E-state index in [9.17, 15) is 0 Å². The fourth-order valence-corrected chi connectivity index (χ4v) is 2.73. The number of fused-ring (bicyclic) bond motifs is 1. The Hall–Kier alpha value is -3.20. The van der Waals surface area contributed by atoms with Crippen molar-refractivity contribution in [3.8, 4) is 28.1 Å². The van der Waals surface area contributed by atoms with E-state index in [1.807, 2.05) is 60.9 Å². The topological polar surface area (TPSA) is 35.0 Å². The predicted octanol–water partition coefficient (Wildman–Crippen LogP) is 4.97. The first kappa shape index (κ1) is 14.4. The Balaban J connectivity index is 1.73. The third-order valence-corrected chi connectivity index (χ3v) is 4.06. The van der Waals surface area contributed by atoms with Gasteiger partial charge < -0.3 is 4.74 Å². The number of hydrogen-bond acceptors (Lipinski definition) is 3. The van der Waals surface area contributed by atoms with E-state index < -0.39 is 0 Å². The summed E-state index contributed by atoms with van der Waals surface area (Å²) in [4.78, 5) is 9.20. The molecule has 0 unspecified atom stereocenters. The molecular formula is C21H16N2O. The van der Waals surface area contributed by atoms with E-state index in [-0.39, 0.29) is 0 Å². The van der Waals surface area contributed by atoms with Crippen molar-refractivity contribution in [2.75, 3.05) is 7.11 Å². The molecule has 0 aliphatic carbocycles. The molecule has 0 amide bonds. The van der Waals surface area contributed by atoms with Crippen molar-refractivity contribution >= 4 is 10.9 Å². The second-order valence-corrected chi connectivity index (χ2v) is 5.58. The molecule has 3 heteroatoms. The number of ether oxygens (including phenoxy) is 1. The van der Waals surface area contributed by atoms with E-state index in [0.29, 0.717) is 0 Å². The normalized spacial score (nSPS) is 10.7. The zero-order chi connectivity index (χ0) is 16.4. The molecule has 0 saturated carbocycles. The molecule has 116 valence electrons. The van der Waals surface area contributed by atoms with Gasteiger partial charge in [0.05, 0.1) is 18.3 Å². The van der Waals surface area contributed by atoms with Gasteiger partial charge in [-0.2, -0.15) is 0 Å². The highest BCUT2D eigenvalue weighted by atomic mass is 16.5. The molecule has 0 aliphatic rings. The van der Waals surface area contributed by atoms with Gasteiger partial charge >= 0.3 is 0 Å². The van der Waals surface area contributed by atoms with Crippen LogP contribution in [-0.4, -0.2) is 17.1 Å². The number of aromatic nitrogens is 2. The van der Waals surface area contributed by atoms with Crippen LogP contribution in [0.25, 0.3) is 33.3 Å². The molecule has 2 aromatic heterocycles. The lowest BCUT2D eigenvalue weighted by Crippen LogP contribution is -1.88. The van der Waals surface area contributed by atoms with Gasteiger partial charge in [0, 0.05) is 28.9 Å². The van der Waals surface area contributed by atoms with Gasteiger partial charge in [0.15, 0.2) is 0 Å². The molecule has 3 nitrogen and oxygen atoms in total. The van der Waals surface area contributed by atoms with Crippen LogP contribution in [0.5, 0.6) is 5.75 Å². The molecule has 0 spiro atoms. The third kappa shape index (κ3) is 2.72. The summed E-state index contributed by atoms with van der Waals surface area (Å²) >= 11 is 0. The lowest BCUT2D eigenvalue weighted by Gasteiger charge is -2.06. The summed E-state index contributed by atoms with van der Waals surface area (Å²) in [6, 6.07) is 22.3. The maximum Gasteiger partial charge on any atom is 0.118 e. The molecule has 0 N–H and O–H groups in total. The van der Waals surface area contributed by atoms with Crippen LogP contribution in [-0.2, 0) is 0 Å². The van der Waals surface area contributed by atoms with Crippen molar-refractivity contribution in [2.24, 2.45) is 0 Å². The van der Waals surface area contributed by atoms with Crippen molar-refractivity contribution in [3.05, 3.63) is 79.1 Å². The van der Waals surface area contributed by atoms with Gasteiger partial charge in [-0.05, 0) is 42.0 Å². The Morgan fingerprint density at radius 3 is 2.25 bits per heavy atom. The molecule has 2 heterocycles. The van der Waals surface area contributed by atoms with Crippen LogP contribution in [0.2, 0.25) is 0 Å². The minimum Gasteiger partial charge on any atom is -0.497 e. The lowest BCUT2D eigenvalue weighted by molar-refractivity contribution is 0.415. The van der Waals surface area contributed by atoms with Crippen LogP contribution < -0.4 is 4.74 Å². The highest BCUT2D eigenvalue weighted by Crippen LogP contribution is 2.26. The summed E-state index contributed by atoms with van der Waals surface area (Å²) in [5.74, 6) is 0.838. The summed E-state index contributed by atoms with van der Waals surface area (Å²) in [5, 5.41) is 1.04. The van der Waals surface area contributed by atoms with Gasteiger partial charge in [-0.3, -0.25) is 9.97 Å². The van der Waals surface area contributed by atoms with Crippen LogP contribution in [0.15, 0.2) is 79.1 Å². The number of benzene rings is 2. The molecule has 0 fully saturated rings. The number of nitrogens with zero attached hydrogens (tertiary/aromatic N) is 2. The molecular weight excluding hydrogens is 296 g/mol. The van der Waals surface area contributed by atoms with Crippen molar-refractivity contribution in [1.82, 2.24) is 9.97 Å². The van der Waals surface area contributed by atoms with Gasteiger partial charge in [0.1, 0.15) is 5.75 Å². The van der Waals surface area contributed by atoms with Crippen LogP contribution >= 0.6 is 0 Å². The van der Waals surface area contributed by atoms with Gasteiger partial charge in [-0.25, -0.2) is 0 Å². The van der Waals surface area contributed by atoms with E-state index in [4.69, 9.17) is 4.74 Å². The van der Waals surface area contributed by atoms with E-state index in [1.165, 1.54) is 0 Å². The fourth-order valence-electron chi connectivity index (χ4n) is 2.73. The zero-order valence-corrected chi connectivity index (χ0v) is 13.3. The van der Waals surface area contributed by atoms with Gasteiger partial charge in [-0.1, -0.05) is 30.3 Å². The number of pyridine rings is 2. The Labute approximate surface area is 140 Å². The van der Waals surface area contributed by atoms with Crippen LogP contribution in [0, 0.1) is 0 Å². The number of rotatable bonds is 3. The smallest absolute Gasteiger partial charge is 0.118 e. The predicted molar refractivity (Wildman–Crippen MR) is 97.0 cm³/mol. The SMILES string of the molecule is COc1ccc(-c2cc3ncc(-c4ccccc4)cc3cn2)cc1. The summed E-state index contributed by atoms with van der Waals surface area (Å²) in [6.45, 7) is 0. The largest absolute Gasteiger partial charge is 0.497 e. The van der Waals surface area contributed by atoms with Crippen molar-refractivity contribution in [2.45, 2.75) is 0 Å². The van der Waals surface area contributed by atoms with Gasteiger partial charge in [0.25, 0.3) is 0 Å². The Kier molecular flexibility index (Phi) is 3.67. The minimum absolute atomic E-state index is 0.838. The summed E-state index contributed by atoms with van der Waals surface area (Å²) in [6.07, 6.45) is 3.80. The third-order valence-electron chi connectivity index (χ3n) is 4.06. The Morgan fingerprint density at radius 1 is 0.708 bits per heavy atom. The van der Waals surface area contributed by atoms with Gasteiger partial charge in [-0.15, -0.1) is 0 Å².